The molecular weight excluding hydrogens is 345 g/mol. The number of nitrogens with one attached hydrogen (secondary N) is 2. The summed E-state index contributed by atoms with van der Waals surface area (Å²) in [5, 5.41) is 3.52. The third-order valence-electron chi connectivity index (χ3n) is 4.10. The Balaban J connectivity index is 1.76. The van der Waals surface area contributed by atoms with Crippen molar-refractivity contribution in [1.29, 1.82) is 0 Å². The second-order valence-electron chi connectivity index (χ2n) is 5.82. The number of aromatic nitrogens is 4. The molecule has 0 aliphatic carbocycles. The summed E-state index contributed by atoms with van der Waals surface area (Å²) in [6, 6.07) is 8.57. The van der Waals surface area contributed by atoms with Crippen molar-refractivity contribution in [3.8, 4) is 22.3 Å². The fraction of sp³-hybridized carbons (Fsp3) is 0. The summed E-state index contributed by atoms with van der Waals surface area (Å²) < 4.78 is 13.1. The topological polar surface area (TPSA) is 83.6 Å². The first-order valence-corrected chi connectivity index (χ1v) is 8.13. The Morgan fingerprint density at radius 3 is 2.70 bits per heavy atom. The van der Waals surface area contributed by atoms with Gasteiger partial charge < -0.3 is 10.3 Å². The van der Waals surface area contributed by atoms with Crippen LogP contribution in [0.3, 0.4) is 0 Å². The Morgan fingerprint density at radius 1 is 1.07 bits per heavy atom. The van der Waals surface area contributed by atoms with Crippen molar-refractivity contribution in [3.05, 3.63) is 73.7 Å². The number of anilines is 1. The summed E-state index contributed by atoms with van der Waals surface area (Å²) in [4.78, 5) is 26.9. The fourth-order valence-electron chi connectivity index (χ4n) is 2.79. The van der Waals surface area contributed by atoms with Crippen LogP contribution in [0.25, 0.3) is 33.3 Å². The molecule has 0 aliphatic rings. The maximum absolute atomic E-state index is 13.1. The molecule has 4 aromatic heterocycles. The van der Waals surface area contributed by atoms with E-state index in [-0.39, 0.29) is 5.91 Å². The number of hydrogen-bond donors (Lipinski definition) is 2. The lowest BCUT2D eigenvalue weighted by Gasteiger charge is -2.06. The first-order chi connectivity index (χ1) is 13.1. The number of fused-ring (bicyclic) bond motifs is 1. The maximum Gasteiger partial charge on any atom is 0.248 e. The zero-order valence-electron chi connectivity index (χ0n) is 14.1. The minimum Gasteiger partial charge on any atom is -0.346 e. The van der Waals surface area contributed by atoms with Gasteiger partial charge in [0.05, 0.1) is 0 Å². The Hall–Kier alpha value is -3.87. The standard InChI is InChI=1S/C20H14FN5O/c1-2-19(27)26-18-8-12(5-6-22-18)14-7-15-16(11-25-20(15)24-10-14)13-3-4-17(21)23-9-13/h2-11H,1H2,(H,24,25)(H,22,26,27). The number of amides is 1. The van der Waals surface area contributed by atoms with Gasteiger partial charge in [0.2, 0.25) is 11.9 Å². The highest BCUT2D eigenvalue weighted by Crippen LogP contribution is 2.31. The van der Waals surface area contributed by atoms with Crippen molar-refractivity contribution in [2.75, 3.05) is 5.32 Å². The Morgan fingerprint density at radius 2 is 1.93 bits per heavy atom. The van der Waals surface area contributed by atoms with Gasteiger partial charge in [-0.3, -0.25) is 4.79 Å². The molecule has 0 atom stereocenters. The molecule has 6 nitrogen and oxygen atoms in total. The van der Waals surface area contributed by atoms with E-state index in [1.165, 1.54) is 18.3 Å². The van der Waals surface area contributed by atoms with Crippen molar-refractivity contribution >= 4 is 22.8 Å². The Kier molecular flexibility index (Phi) is 4.18. The van der Waals surface area contributed by atoms with E-state index in [1.54, 1.807) is 24.5 Å². The lowest BCUT2D eigenvalue weighted by Crippen LogP contribution is -2.08. The molecule has 7 heteroatoms. The molecule has 0 saturated heterocycles. The minimum atomic E-state index is -0.525. The molecule has 27 heavy (non-hydrogen) atoms. The number of aromatic amines is 1. The SMILES string of the molecule is C=CC(=O)Nc1cc(-c2cnc3[nH]cc(-c4ccc(F)nc4)c3c2)ccn1. The second kappa shape index (κ2) is 6.80. The highest BCUT2D eigenvalue weighted by molar-refractivity contribution is 5.99. The molecule has 0 unspecified atom stereocenters. The molecule has 4 aromatic rings. The van der Waals surface area contributed by atoms with Crippen LogP contribution in [-0.2, 0) is 4.79 Å². The summed E-state index contributed by atoms with van der Waals surface area (Å²) in [5.41, 5.74) is 4.08. The van der Waals surface area contributed by atoms with Gasteiger partial charge in [-0.15, -0.1) is 0 Å². The van der Waals surface area contributed by atoms with Gasteiger partial charge in [-0.25, -0.2) is 15.0 Å². The summed E-state index contributed by atoms with van der Waals surface area (Å²) in [6.45, 7) is 3.43. The summed E-state index contributed by atoms with van der Waals surface area (Å²) in [6.07, 6.45) is 7.84. The molecule has 0 aliphatic heterocycles. The zero-order chi connectivity index (χ0) is 18.8. The van der Waals surface area contributed by atoms with Gasteiger partial charge in [0.25, 0.3) is 0 Å². The van der Waals surface area contributed by atoms with E-state index < -0.39 is 5.95 Å². The Labute approximate surface area is 153 Å². The van der Waals surface area contributed by atoms with Gasteiger partial charge in [-0.2, -0.15) is 4.39 Å². The van der Waals surface area contributed by atoms with Gasteiger partial charge >= 0.3 is 0 Å². The van der Waals surface area contributed by atoms with Crippen LogP contribution in [0.5, 0.6) is 0 Å². The average molecular weight is 359 g/mol. The summed E-state index contributed by atoms with van der Waals surface area (Å²) >= 11 is 0. The normalized spacial score (nSPS) is 10.7. The third kappa shape index (κ3) is 3.30. The van der Waals surface area contributed by atoms with Crippen LogP contribution in [0.4, 0.5) is 10.2 Å². The smallest absolute Gasteiger partial charge is 0.248 e. The lowest BCUT2D eigenvalue weighted by molar-refractivity contribution is -0.111. The molecule has 0 saturated carbocycles. The molecule has 0 fully saturated rings. The summed E-state index contributed by atoms with van der Waals surface area (Å²) in [7, 11) is 0. The molecule has 4 rings (SSSR count). The first kappa shape index (κ1) is 16.6. The fourth-order valence-corrected chi connectivity index (χ4v) is 2.79. The molecule has 2 N–H and O–H groups in total. The molecule has 0 aromatic carbocycles. The van der Waals surface area contributed by atoms with Crippen LogP contribution >= 0.6 is 0 Å². The second-order valence-corrected chi connectivity index (χ2v) is 5.82. The average Bonchev–Trinajstić information content (AvgIpc) is 3.12. The number of hydrogen-bond acceptors (Lipinski definition) is 4. The third-order valence-corrected chi connectivity index (χ3v) is 4.10. The highest BCUT2D eigenvalue weighted by atomic mass is 19.1. The van der Waals surface area contributed by atoms with E-state index >= 15 is 0 Å². The number of H-pyrrole nitrogens is 1. The number of pyridine rings is 3. The van der Waals surface area contributed by atoms with Crippen molar-refractivity contribution in [3.63, 3.8) is 0 Å². The van der Waals surface area contributed by atoms with Crippen molar-refractivity contribution in [2.24, 2.45) is 0 Å². The van der Waals surface area contributed by atoms with E-state index in [0.29, 0.717) is 11.5 Å². The first-order valence-electron chi connectivity index (χ1n) is 8.13. The van der Waals surface area contributed by atoms with E-state index in [2.05, 4.69) is 31.8 Å². The van der Waals surface area contributed by atoms with Crippen molar-refractivity contribution in [1.82, 2.24) is 19.9 Å². The van der Waals surface area contributed by atoms with Gasteiger partial charge in [-0.1, -0.05) is 6.58 Å². The van der Waals surface area contributed by atoms with Crippen LogP contribution < -0.4 is 5.32 Å². The quantitative estimate of drug-likeness (QED) is 0.427. The number of nitrogens with zero attached hydrogens (tertiary/aromatic N) is 3. The lowest BCUT2D eigenvalue weighted by atomic mass is 10.0. The van der Waals surface area contributed by atoms with Gasteiger partial charge in [0, 0.05) is 46.9 Å². The maximum atomic E-state index is 13.1. The Bertz CT molecular complexity index is 1150. The van der Waals surface area contributed by atoms with Gasteiger partial charge in [0.15, 0.2) is 0 Å². The van der Waals surface area contributed by atoms with Gasteiger partial charge in [-0.05, 0) is 42.0 Å². The van der Waals surface area contributed by atoms with Crippen LogP contribution in [0.2, 0.25) is 0 Å². The van der Waals surface area contributed by atoms with Crippen LogP contribution in [0.1, 0.15) is 0 Å². The molecule has 0 bridgehead atoms. The van der Waals surface area contributed by atoms with Crippen molar-refractivity contribution in [2.45, 2.75) is 0 Å². The predicted molar refractivity (Wildman–Crippen MR) is 101 cm³/mol. The van der Waals surface area contributed by atoms with Crippen LogP contribution in [-0.4, -0.2) is 25.8 Å². The largest absolute Gasteiger partial charge is 0.346 e. The predicted octanol–water partition coefficient (Wildman–Crippen LogP) is 3.95. The number of rotatable bonds is 4. The summed E-state index contributed by atoms with van der Waals surface area (Å²) in [5.74, 6) is -0.428. The number of halogens is 1. The molecular formula is C20H14FN5O. The van der Waals surface area contributed by atoms with E-state index in [1.807, 2.05) is 18.3 Å². The molecule has 1 amide bonds. The molecule has 0 spiro atoms. The molecule has 132 valence electrons. The van der Waals surface area contributed by atoms with Crippen LogP contribution in [0.15, 0.2) is 67.8 Å². The zero-order valence-corrected chi connectivity index (χ0v) is 14.1. The van der Waals surface area contributed by atoms with Crippen molar-refractivity contribution < 1.29 is 9.18 Å². The number of carbonyl (C=O) groups excluding carboxylic acids is 1. The highest BCUT2D eigenvalue weighted by Gasteiger charge is 2.10. The molecule has 0 radical (unpaired) electrons. The minimum absolute atomic E-state index is 0.329. The van der Waals surface area contributed by atoms with Gasteiger partial charge in [0.1, 0.15) is 11.5 Å². The van der Waals surface area contributed by atoms with E-state index in [4.69, 9.17) is 0 Å². The van der Waals surface area contributed by atoms with E-state index in [9.17, 15) is 9.18 Å². The monoisotopic (exact) mass is 359 g/mol. The molecule has 4 heterocycles. The van der Waals surface area contributed by atoms with E-state index in [0.717, 1.165) is 27.6 Å². The van der Waals surface area contributed by atoms with Crippen LogP contribution in [0, 0.1) is 5.95 Å². The number of carbonyl (C=O) groups is 1.